The molecule has 2 heterocycles. The third kappa shape index (κ3) is 3.38. The number of nitrogens with zero attached hydrogens (tertiary/aromatic N) is 1. The molecule has 3 rings (SSSR count). The number of carbonyl (C=O) groups excluding carboxylic acids is 2. The number of amides is 2. The maximum absolute atomic E-state index is 12.0. The van der Waals surface area contributed by atoms with Crippen LogP contribution in [0.4, 0.5) is 0 Å². The summed E-state index contributed by atoms with van der Waals surface area (Å²) in [6.45, 7) is 1.50. The standard InChI is InChI=1S/C19H11ClN2O5/c1-9-12(17(23)22-18(24)14(9)8-21)7-11-3-5-16(27-11)10-2-4-15(20)13(6-10)19(25)26/h2-7H,1H3,(H,25,26)(H,22,23,24)/b12-7-. The second-order valence-electron chi connectivity index (χ2n) is 5.65. The van der Waals surface area contributed by atoms with Crippen LogP contribution in [0.5, 0.6) is 0 Å². The lowest BCUT2D eigenvalue weighted by molar-refractivity contribution is -0.126. The maximum Gasteiger partial charge on any atom is 0.337 e. The fraction of sp³-hybridized carbons (Fsp3) is 0.0526. The molecule has 2 amide bonds. The molecule has 8 heteroatoms. The summed E-state index contributed by atoms with van der Waals surface area (Å²) in [4.78, 5) is 34.9. The Bertz CT molecular complexity index is 1100. The van der Waals surface area contributed by atoms with Crippen LogP contribution in [0, 0.1) is 11.3 Å². The molecule has 7 nitrogen and oxygen atoms in total. The Morgan fingerprint density at radius 3 is 2.67 bits per heavy atom. The number of furan rings is 1. The summed E-state index contributed by atoms with van der Waals surface area (Å²) in [5.41, 5.74) is 0.678. The number of hydrogen-bond acceptors (Lipinski definition) is 5. The van der Waals surface area contributed by atoms with E-state index in [0.29, 0.717) is 17.1 Å². The quantitative estimate of drug-likeness (QED) is 0.621. The molecule has 0 radical (unpaired) electrons. The first kappa shape index (κ1) is 18.2. The smallest absolute Gasteiger partial charge is 0.337 e. The van der Waals surface area contributed by atoms with Crippen molar-refractivity contribution in [1.29, 1.82) is 5.26 Å². The van der Waals surface area contributed by atoms with Crippen LogP contribution >= 0.6 is 11.6 Å². The lowest BCUT2D eigenvalue weighted by Gasteiger charge is -2.15. The predicted molar refractivity (Wildman–Crippen MR) is 95.6 cm³/mol. The molecule has 0 saturated heterocycles. The minimum atomic E-state index is -1.16. The van der Waals surface area contributed by atoms with Gasteiger partial charge in [-0.25, -0.2) is 4.79 Å². The van der Waals surface area contributed by atoms with Gasteiger partial charge in [0.2, 0.25) is 0 Å². The minimum absolute atomic E-state index is 0.0620. The van der Waals surface area contributed by atoms with Gasteiger partial charge in [0.25, 0.3) is 11.8 Å². The number of benzene rings is 1. The van der Waals surface area contributed by atoms with Crippen molar-refractivity contribution in [3.05, 3.63) is 63.4 Å². The molecule has 1 aliphatic heterocycles. The van der Waals surface area contributed by atoms with E-state index in [4.69, 9.17) is 26.4 Å². The number of nitrogens with one attached hydrogen (secondary N) is 1. The number of hydrogen-bond donors (Lipinski definition) is 2. The maximum atomic E-state index is 12.0. The molecular weight excluding hydrogens is 372 g/mol. The predicted octanol–water partition coefficient (Wildman–Crippen LogP) is 3.18. The highest BCUT2D eigenvalue weighted by atomic mass is 35.5. The van der Waals surface area contributed by atoms with Crippen molar-refractivity contribution in [2.75, 3.05) is 0 Å². The molecule has 0 bridgehead atoms. The van der Waals surface area contributed by atoms with Crippen molar-refractivity contribution in [1.82, 2.24) is 5.32 Å². The molecule has 27 heavy (non-hydrogen) atoms. The summed E-state index contributed by atoms with van der Waals surface area (Å²) in [6, 6.07) is 9.40. The molecule has 2 N–H and O–H groups in total. The molecule has 0 spiro atoms. The van der Waals surface area contributed by atoms with E-state index in [1.54, 1.807) is 24.3 Å². The second kappa shape index (κ2) is 6.94. The van der Waals surface area contributed by atoms with Gasteiger partial charge in [0.05, 0.1) is 10.6 Å². The molecule has 0 saturated carbocycles. The Labute approximate surface area is 158 Å². The molecular formula is C19H11ClN2O5. The van der Waals surface area contributed by atoms with Crippen LogP contribution in [-0.2, 0) is 9.59 Å². The van der Waals surface area contributed by atoms with Gasteiger partial charge in [-0.3, -0.25) is 14.9 Å². The molecule has 1 aromatic carbocycles. The molecule has 134 valence electrons. The van der Waals surface area contributed by atoms with Crippen LogP contribution in [0.15, 0.2) is 51.5 Å². The van der Waals surface area contributed by atoms with Crippen molar-refractivity contribution >= 4 is 35.5 Å². The summed E-state index contributed by atoms with van der Waals surface area (Å²) in [5, 5.41) is 20.4. The van der Waals surface area contributed by atoms with Crippen LogP contribution in [0.2, 0.25) is 5.02 Å². The van der Waals surface area contributed by atoms with Gasteiger partial charge in [-0.15, -0.1) is 0 Å². The lowest BCUT2D eigenvalue weighted by Crippen LogP contribution is -2.37. The van der Waals surface area contributed by atoms with Crippen molar-refractivity contribution in [2.45, 2.75) is 6.92 Å². The summed E-state index contributed by atoms with van der Waals surface area (Å²) in [5.74, 6) is -1.86. The molecule has 1 aromatic heterocycles. The summed E-state index contributed by atoms with van der Waals surface area (Å²) in [6.07, 6.45) is 1.41. The van der Waals surface area contributed by atoms with Crippen LogP contribution in [0.25, 0.3) is 17.4 Å². The molecule has 2 aromatic rings. The summed E-state index contributed by atoms with van der Waals surface area (Å²) in [7, 11) is 0. The zero-order valence-corrected chi connectivity index (χ0v) is 14.6. The third-order valence-corrected chi connectivity index (χ3v) is 4.31. The topological polar surface area (TPSA) is 120 Å². The SMILES string of the molecule is CC1=C(C#N)C(=O)NC(=O)/C1=C\c1ccc(-c2ccc(Cl)c(C(=O)O)c2)o1. The van der Waals surface area contributed by atoms with Gasteiger partial charge in [-0.2, -0.15) is 5.26 Å². The van der Waals surface area contributed by atoms with Crippen molar-refractivity contribution in [2.24, 2.45) is 0 Å². The average molecular weight is 383 g/mol. The number of halogens is 1. The highest BCUT2D eigenvalue weighted by molar-refractivity contribution is 6.33. The number of rotatable bonds is 3. The summed E-state index contributed by atoms with van der Waals surface area (Å²) >= 11 is 5.86. The Balaban J connectivity index is 2.01. The van der Waals surface area contributed by atoms with E-state index >= 15 is 0 Å². The number of carbonyl (C=O) groups is 3. The van der Waals surface area contributed by atoms with Gasteiger partial charge in [-0.05, 0) is 48.9 Å². The van der Waals surface area contributed by atoms with E-state index in [0.717, 1.165) is 0 Å². The number of carboxylic acids is 1. The Morgan fingerprint density at radius 1 is 1.26 bits per heavy atom. The van der Waals surface area contributed by atoms with Gasteiger partial charge in [0.15, 0.2) is 0 Å². The fourth-order valence-electron chi connectivity index (χ4n) is 2.59. The third-order valence-electron chi connectivity index (χ3n) is 3.98. The van der Waals surface area contributed by atoms with Crippen LogP contribution in [0.3, 0.4) is 0 Å². The van der Waals surface area contributed by atoms with E-state index in [1.165, 1.54) is 25.1 Å². The second-order valence-corrected chi connectivity index (χ2v) is 6.06. The summed E-state index contributed by atoms with van der Waals surface area (Å²) < 4.78 is 5.66. The highest BCUT2D eigenvalue weighted by Gasteiger charge is 2.27. The number of nitriles is 1. The van der Waals surface area contributed by atoms with Crippen LogP contribution in [0.1, 0.15) is 23.0 Å². The highest BCUT2D eigenvalue weighted by Crippen LogP contribution is 2.29. The van der Waals surface area contributed by atoms with E-state index in [2.05, 4.69) is 5.32 Å². The monoisotopic (exact) mass is 382 g/mol. The molecule has 0 unspecified atom stereocenters. The zero-order chi connectivity index (χ0) is 19.7. The molecule has 0 atom stereocenters. The Hall–Kier alpha value is -3.63. The number of imide groups is 1. The number of aromatic carboxylic acids is 1. The zero-order valence-electron chi connectivity index (χ0n) is 13.9. The number of carboxylic acid groups (broad SMARTS) is 1. The van der Waals surface area contributed by atoms with Crippen molar-refractivity contribution in [3.8, 4) is 17.4 Å². The van der Waals surface area contributed by atoms with Gasteiger partial charge in [-0.1, -0.05) is 11.6 Å². The van der Waals surface area contributed by atoms with E-state index in [-0.39, 0.29) is 27.3 Å². The van der Waals surface area contributed by atoms with Crippen LogP contribution < -0.4 is 5.32 Å². The fourth-order valence-corrected chi connectivity index (χ4v) is 2.79. The van der Waals surface area contributed by atoms with Gasteiger partial charge in [0, 0.05) is 11.1 Å². The molecule has 0 fully saturated rings. The first-order valence-corrected chi connectivity index (χ1v) is 8.01. The molecule has 1 aliphatic rings. The minimum Gasteiger partial charge on any atom is -0.478 e. The molecule has 0 aliphatic carbocycles. The van der Waals surface area contributed by atoms with Crippen molar-refractivity contribution < 1.29 is 23.9 Å². The Morgan fingerprint density at radius 2 is 2.00 bits per heavy atom. The average Bonchev–Trinajstić information content (AvgIpc) is 3.07. The van der Waals surface area contributed by atoms with Crippen molar-refractivity contribution in [3.63, 3.8) is 0 Å². The largest absolute Gasteiger partial charge is 0.478 e. The van der Waals surface area contributed by atoms with Gasteiger partial charge >= 0.3 is 5.97 Å². The normalized spacial score (nSPS) is 15.7. The van der Waals surface area contributed by atoms with Gasteiger partial charge < -0.3 is 9.52 Å². The van der Waals surface area contributed by atoms with E-state index in [9.17, 15) is 14.4 Å². The van der Waals surface area contributed by atoms with E-state index < -0.39 is 17.8 Å². The first-order valence-electron chi connectivity index (χ1n) is 7.63. The Kier molecular flexibility index (Phi) is 4.67. The van der Waals surface area contributed by atoms with E-state index in [1.807, 2.05) is 0 Å². The first-order chi connectivity index (χ1) is 12.8. The van der Waals surface area contributed by atoms with Crippen LogP contribution in [-0.4, -0.2) is 22.9 Å². The lowest BCUT2D eigenvalue weighted by atomic mass is 9.96. The van der Waals surface area contributed by atoms with Gasteiger partial charge in [0.1, 0.15) is 23.2 Å².